The third-order valence-electron chi connectivity index (χ3n) is 7.24. The van der Waals surface area contributed by atoms with Crippen LogP contribution in [-0.4, -0.2) is 58.5 Å². The van der Waals surface area contributed by atoms with Crippen LogP contribution in [0.1, 0.15) is 67.9 Å². The number of rotatable bonds is 3. The van der Waals surface area contributed by atoms with Crippen molar-refractivity contribution < 1.29 is 24.0 Å². The zero-order valence-electron chi connectivity index (χ0n) is 20.0. The molecule has 2 N–H and O–H groups in total. The summed E-state index contributed by atoms with van der Waals surface area (Å²) in [5, 5.41) is 4.99. The Morgan fingerprint density at radius 3 is 2.44 bits per heavy atom. The molecule has 5 amide bonds. The van der Waals surface area contributed by atoms with Crippen molar-refractivity contribution in [2.24, 2.45) is 11.3 Å². The Labute approximate surface area is 199 Å². The number of nitrogens with zero attached hydrogens (tertiary/aromatic N) is 2. The van der Waals surface area contributed by atoms with Gasteiger partial charge in [0.1, 0.15) is 6.04 Å². The van der Waals surface area contributed by atoms with Crippen molar-refractivity contribution in [1.82, 2.24) is 20.4 Å². The number of carbonyl (C=O) groups excluding carboxylic acids is 5. The zero-order chi connectivity index (χ0) is 24.6. The summed E-state index contributed by atoms with van der Waals surface area (Å²) in [5.74, 6) is -1.61. The molecular formula is C25H32N4O5. The smallest absolute Gasteiger partial charge is 0.311 e. The second kappa shape index (κ2) is 9.19. The number of imide groups is 1. The number of fused-ring (bicyclic) bond motifs is 1. The number of likely N-dealkylation sites (tertiary alicyclic amines) is 1. The lowest BCUT2D eigenvalue weighted by Crippen LogP contribution is -2.52. The number of amides is 5. The summed E-state index contributed by atoms with van der Waals surface area (Å²) in [7, 11) is 0. The van der Waals surface area contributed by atoms with Crippen LogP contribution in [0.2, 0.25) is 0 Å². The molecule has 3 heterocycles. The lowest BCUT2D eigenvalue weighted by molar-refractivity contribution is -0.147. The Hall–Kier alpha value is -3.23. The molecule has 0 spiro atoms. The molecular weight excluding hydrogens is 436 g/mol. The Morgan fingerprint density at radius 1 is 1.09 bits per heavy atom. The quantitative estimate of drug-likeness (QED) is 0.513. The molecule has 1 atom stereocenters. The molecule has 1 unspecified atom stereocenters. The van der Waals surface area contributed by atoms with Gasteiger partial charge in [-0.15, -0.1) is 0 Å². The van der Waals surface area contributed by atoms with Crippen LogP contribution < -0.4 is 10.6 Å². The summed E-state index contributed by atoms with van der Waals surface area (Å²) in [6, 6.07) is 4.58. The minimum Gasteiger partial charge on any atom is -0.344 e. The maximum absolute atomic E-state index is 12.8. The highest BCUT2D eigenvalue weighted by Gasteiger charge is 2.39. The molecule has 3 aliphatic rings. The number of piperidine rings is 2. The summed E-state index contributed by atoms with van der Waals surface area (Å²) in [4.78, 5) is 64.5. The van der Waals surface area contributed by atoms with Crippen LogP contribution in [0.5, 0.6) is 0 Å². The molecule has 9 heteroatoms. The number of hydrogen-bond donors (Lipinski definition) is 2. The Bertz CT molecular complexity index is 1040. The number of benzene rings is 1. The van der Waals surface area contributed by atoms with E-state index in [1.54, 1.807) is 17.0 Å². The largest absolute Gasteiger partial charge is 0.344 e. The van der Waals surface area contributed by atoms with E-state index in [0.717, 1.165) is 24.0 Å². The minimum atomic E-state index is -0.666. The van der Waals surface area contributed by atoms with Gasteiger partial charge in [-0.25, -0.2) is 0 Å². The van der Waals surface area contributed by atoms with Crippen molar-refractivity contribution in [3.05, 3.63) is 34.9 Å². The Kier molecular flexibility index (Phi) is 6.47. The van der Waals surface area contributed by atoms with E-state index in [4.69, 9.17) is 0 Å². The van der Waals surface area contributed by atoms with Crippen LogP contribution in [0, 0.1) is 11.3 Å². The molecule has 182 valence electrons. The predicted molar refractivity (Wildman–Crippen MR) is 123 cm³/mol. The van der Waals surface area contributed by atoms with Gasteiger partial charge in [0.05, 0.1) is 0 Å². The first kappa shape index (κ1) is 23.9. The topological polar surface area (TPSA) is 116 Å². The third-order valence-corrected chi connectivity index (χ3v) is 7.24. The molecule has 9 nitrogen and oxygen atoms in total. The number of carbonyl (C=O) groups is 5. The third kappa shape index (κ3) is 4.83. The van der Waals surface area contributed by atoms with Crippen molar-refractivity contribution in [2.75, 3.05) is 13.1 Å². The highest BCUT2D eigenvalue weighted by atomic mass is 16.2. The van der Waals surface area contributed by atoms with Gasteiger partial charge >= 0.3 is 11.8 Å². The van der Waals surface area contributed by atoms with E-state index in [0.29, 0.717) is 31.0 Å². The lowest BCUT2D eigenvalue weighted by Gasteiger charge is -2.38. The average Bonchev–Trinajstić information content (AvgIpc) is 3.12. The monoisotopic (exact) mass is 468 g/mol. The first-order valence-electron chi connectivity index (χ1n) is 11.9. The van der Waals surface area contributed by atoms with Crippen molar-refractivity contribution in [3.63, 3.8) is 0 Å². The van der Waals surface area contributed by atoms with Crippen molar-refractivity contribution >= 4 is 29.5 Å². The van der Waals surface area contributed by atoms with E-state index < -0.39 is 23.8 Å². The van der Waals surface area contributed by atoms with Crippen molar-refractivity contribution in [1.29, 1.82) is 0 Å². The zero-order valence-corrected chi connectivity index (χ0v) is 20.0. The molecule has 2 saturated heterocycles. The molecule has 0 bridgehead atoms. The average molecular weight is 469 g/mol. The second-order valence-corrected chi connectivity index (χ2v) is 10.5. The Morgan fingerprint density at radius 2 is 1.79 bits per heavy atom. The molecule has 2 fully saturated rings. The standard InChI is InChI=1S/C25H32N4O5/c1-25(2,3)17-8-10-28(11-9-17)24(34)22(32)26-13-15-4-5-18-16(12-15)14-29(23(18)33)19-6-7-20(30)27-21(19)31/h4-5,12,17,19H,6-11,13-14H2,1-3H3,(H,26,32)(H,27,30,31). The fourth-order valence-electron chi connectivity index (χ4n) is 5.09. The summed E-state index contributed by atoms with van der Waals surface area (Å²) in [6.07, 6.45) is 2.30. The fourth-order valence-corrected chi connectivity index (χ4v) is 5.09. The first-order valence-corrected chi connectivity index (χ1v) is 11.9. The van der Waals surface area contributed by atoms with E-state index >= 15 is 0 Å². The van der Waals surface area contributed by atoms with Gasteiger partial charge < -0.3 is 15.1 Å². The van der Waals surface area contributed by atoms with E-state index in [1.165, 1.54) is 4.90 Å². The summed E-state index contributed by atoms with van der Waals surface area (Å²) in [6.45, 7) is 8.23. The van der Waals surface area contributed by atoms with Gasteiger partial charge in [-0.1, -0.05) is 32.9 Å². The first-order chi connectivity index (χ1) is 16.0. The van der Waals surface area contributed by atoms with Crippen LogP contribution in [-0.2, 0) is 32.3 Å². The van der Waals surface area contributed by atoms with Gasteiger partial charge in [0, 0.05) is 38.2 Å². The lowest BCUT2D eigenvalue weighted by atomic mass is 9.75. The summed E-state index contributed by atoms with van der Waals surface area (Å²) in [5.41, 5.74) is 2.24. The van der Waals surface area contributed by atoms with E-state index in [9.17, 15) is 24.0 Å². The minimum absolute atomic E-state index is 0.170. The van der Waals surface area contributed by atoms with Crippen LogP contribution in [0.4, 0.5) is 0 Å². The fraction of sp³-hybridized carbons (Fsp3) is 0.560. The summed E-state index contributed by atoms with van der Waals surface area (Å²) >= 11 is 0. The van der Waals surface area contributed by atoms with Crippen LogP contribution in [0.15, 0.2) is 18.2 Å². The Balaban J connectivity index is 1.32. The molecule has 3 aliphatic heterocycles. The van der Waals surface area contributed by atoms with Gasteiger partial charge in [0.2, 0.25) is 11.8 Å². The van der Waals surface area contributed by atoms with E-state index in [2.05, 4.69) is 31.4 Å². The molecule has 1 aromatic rings. The highest BCUT2D eigenvalue weighted by Crippen LogP contribution is 2.34. The molecule has 0 aromatic heterocycles. The van der Waals surface area contributed by atoms with Crippen molar-refractivity contribution in [3.8, 4) is 0 Å². The van der Waals surface area contributed by atoms with E-state index in [-0.39, 0.29) is 36.7 Å². The molecule has 4 rings (SSSR count). The second-order valence-electron chi connectivity index (χ2n) is 10.5. The van der Waals surface area contributed by atoms with Gasteiger partial charge in [-0.2, -0.15) is 0 Å². The van der Waals surface area contributed by atoms with Crippen LogP contribution in [0.25, 0.3) is 0 Å². The molecule has 34 heavy (non-hydrogen) atoms. The SMILES string of the molecule is CC(C)(C)C1CCN(C(=O)C(=O)NCc2ccc3c(c2)CN(C2CCC(=O)NC2=O)C3=O)CC1. The predicted octanol–water partition coefficient (Wildman–Crippen LogP) is 1.35. The maximum atomic E-state index is 12.8. The van der Waals surface area contributed by atoms with Crippen LogP contribution in [0.3, 0.4) is 0 Å². The van der Waals surface area contributed by atoms with Crippen molar-refractivity contribution in [2.45, 2.75) is 65.6 Å². The molecule has 0 radical (unpaired) electrons. The van der Waals surface area contributed by atoms with Gasteiger partial charge in [-0.05, 0) is 47.8 Å². The molecule has 1 aromatic carbocycles. The number of nitrogens with one attached hydrogen (secondary N) is 2. The normalized spacial score (nSPS) is 21.4. The maximum Gasteiger partial charge on any atom is 0.311 e. The number of hydrogen-bond acceptors (Lipinski definition) is 5. The van der Waals surface area contributed by atoms with Gasteiger partial charge in [0.15, 0.2) is 0 Å². The molecule has 0 aliphatic carbocycles. The highest BCUT2D eigenvalue weighted by molar-refractivity contribution is 6.35. The van der Waals surface area contributed by atoms with E-state index in [1.807, 2.05) is 6.07 Å². The van der Waals surface area contributed by atoms with Gasteiger partial charge in [0.25, 0.3) is 5.91 Å². The summed E-state index contributed by atoms with van der Waals surface area (Å²) < 4.78 is 0. The molecule has 0 saturated carbocycles. The van der Waals surface area contributed by atoms with Crippen LogP contribution >= 0.6 is 0 Å². The van der Waals surface area contributed by atoms with Gasteiger partial charge in [-0.3, -0.25) is 29.3 Å².